The largest absolute Gasteiger partial charge is 0.0651 e. The van der Waals surface area contributed by atoms with E-state index in [1.54, 1.807) is 16.7 Å². The van der Waals surface area contributed by atoms with Gasteiger partial charge >= 0.3 is 0 Å². The van der Waals surface area contributed by atoms with E-state index >= 15 is 0 Å². The van der Waals surface area contributed by atoms with Crippen molar-refractivity contribution in [3.8, 4) is 0 Å². The molecule has 0 aromatic rings. The van der Waals surface area contributed by atoms with E-state index in [2.05, 4.69) is 33.3 Å². The van der Waals surface area contributed by atoms with Crippen molar-refractivity contribution >= 4 is 0 Å². The first-order valence-corrected chi connectivity index (χ1v) is 5.98. The lowest BCUT2D eigenvalue weighted by molar-refractivity contribution is 0.365. The van der Waals surface area contributed by atoms with Crippen LogP contribution < -0.4 is 0 Å². The average Bonchev–Trinajstić information content (AvgIpc) is 2.48. The van der Waals surface area contributed by atoms with Crippen LogP contribution in [0.15, 0.2) is 22.8 Å². The van der Waals surface area contributed by atoms with Crippen LogP contribution in [-0.4, -0.2) is 0 Å². The topological polar surface area (TPSA) is 0 Å². The van der Waals surface area contributed by atoms with Gasteiger partial charge in [0, 0.05) is 6.42 Å². The first-order chi connectivity index (χ1) is 6.70. The smallest absolute Gasteiger partial charge is 0.0119 e. The highest BCUT2D eigenvalue weighted by Crippen LogP contribution is 2.41. The fourth-order valence-electron chi connectivity index (χ4n) is 2.58. The molecule has 2 rings (SSSR count). The lowest BCUT2D eigenvalue weighted by atomic mass is 9.78. The standard InChI is InChI=1S/C14H21/c1-4-5-12-8-13-6-10(2)11(3)7-14(13)9-12/h8-11H,4-7H2,1-3H3. The second-order valence-electron chi connectivity index (χ2n) is 5.03. The predicted octanol–water partition coefficient (Wildman–Crippen LogP) is 4.29. The van der Waals surface area contributed by atoms with E-state index in [0.717, 1.165) is 11.8 Å². The molecule has 2 unspecified atom stereocenters. The van der Waals surface area contributed by atoms with Crippen LogP contribution in [0.3, 0.4) is 0 Å². The average molecular weight is 189 g/mol. The van der Waals surface area contributed by atoms with E-state index in [1.807, 2.05) is 0 Å². The van der Waals surface area contributed by atoms with Gasteiger partial charge in [0.15, 0.2) is 0 Å². The van der Waals surface area contributed by atoms with Crippen LogP contribution in [0.4, 0.5) is 0 Å². The van der Waals surface area contributed by atoms with E-state index in [0.29, 0.717) is 0 Å². The molecule has 0 heteroatoms. The Morgan fingerprint density at radius 3 is 2.43 bits per heavy atom. The molecule has 0 aromatic heterocycles. The van der Waals surface area contributed by atoms with Crippen molar-refractivity contribution in [1.82, 2.24) is 0 Å². The van der Waals surface area contributed by atoms with E-state index in [4.69, 9.17) is 0 Å². The monoisotopic (exact) mass is 189 g/mol. The summed E-state index contributed by atoms with van der Waals surface area (Å²) in [5.74, 6) is 1.75. The van der Waals surface area contributed by atoms with Gasteiger partial charge in [-0.3, -0.25) is 0 Å². The number of hydrogen-bond donors (Lipinski definition) is 0. The van der Waals surface area contributed by atoms with Gasteiger partial charge in [0.2, 0.25) is 0 Å². The molecular weight excluding hydrogens is 168 g/mol. The molecular formula is C14H21. The Morgan fingerprint density at radius 1 is 1.14 bits per heavy atom. The van der Waals surface area contributed by atoms with Gasteiger partial charge in [0.25, 0.3) is 0 Å². The molecule has 0 saturated carbocycles. The summed E-state index contributed by atoms with van der Waals surface area (Å²) >= 11 is 0. The number of allylic oxidation sites excluding steroid dienone is 4. The van der Waals surface area contributed by atoms with Crippen molar-refractivity contribution in [2.75, 3.05) is 0 Å². The van der Waals surface area contributed by atoms with Gasteiger partial charge in [-0.25, -0.2) is 0 Å². The van der Waals surface area contributed by atoms with Crippen LogP contribution in [0, 0.1) is 18.3 Å². The SMILES string of the molecule is CCCC1=CC2=C([CH]1)CC(C)C(C)C2. The molecule has 1 radical (unpaired) electrons. The number of rotatable bonds is 2. The molecule has 0 fully saturated rings. The Labute approximate surface area is 88.1 Å². The maximum Gasteiger partial charge on any atom is 0.0119 e. The van der Waals surface area contributed by atoms with Gasteiger partial charge in [-0.15, -0.1) is 0 Å². The maximum absolute atomic E-state index is 2.45. The number of hydrogen-bond acceptors (Lipinski definition) is 0. The molecule has 0 spiro atoms. The first kappa shape index (κ1) is 10.0. The minimum Gasteiger partial charge on any atom is -0.0651 e. The van der Waals surface area contributed by atoms with Crippen molar-refractivity contribution < 1.29 is 0 Å². The second kappa shape index (κ2) is 3.92. The van der Waals surface area contributed by atoms with Gasteiger partial charge < -0.3 is 0 Å². The third kappa shape index (κ3) is 1.80. The van der Waals surface area contributed by atoms with E-state index in [-0.39, 0.29) is 0 Å². The highest BCUT2D eigenvalue weighted by atomic mass is 14.3. The molecule has 0 bridgehead atoms. The van der Waals surface area contributed by atoms with Crippen molar-refractivity contribution in [2.24, 2.45) is 11.8 Å². The Balaban J connectivity index is 2.06. The summed E-state index contributed by atoms with van der Waals surface area (Å²) in [6.45, 7) is 7.04. The van der Waals surface area contributed by atoms with Gasteiger partial charge in [-0.05, 0) is 36.7 Å². The minimum atomic E-state index is 0.874. The fourth-order valence-corrected chi connectivity index (χ4v) is 2.58. The highest BCUT2D eigenvalue weighted by molar-refractivity contribution is 5.49. The normalized spacial score (nSPS) is 31.8. The molecule has 0 aromatic carbocycles. The molecule has 0 aliphatic heterocycles. The molecule has 14 heavy (non-hydrogen) atoms. The molecule has 2 aliphatic rings. The van der Waals surface area contributed by atoms with Gasteiger partial charge in [0.05, 0.1) is 0 Å². The summed E-state index contributed by atoms with van der Waals surface area (Å²) in [6.07, 6.45) is 10.0. The molecule has 77 valence electrons. The van der Waals surface area contributed by atoms with Crippen LogP contribution in [-0.2, 0) is 0 Å². The first-order valence-electron chi connectivity index (χ1n) is 5.98. The molecule has 0 heterocycles. The molecule has 0 nitrogen and oxygen atoms in total. The van der Waals surface area contributed by atoms with Crippen LogP contribution in [0.2, 0.25) is 0 Å². The lowest BCUT2D eigenvalue weighted by Gasteiger charge is -2.27. The van der Waals surface area contributed by atoms with E-state index < -0.39 is 0 Å². The fraction of sp³-hybridized carbons (Fsp3) is 0.643. The van der Waals surface area contributed by atoms with Crippen molar-refractivity contribution in [3.05, 3.63) is 29.2 Å². The van der Waals surface area contributed by atoms with Crippen LogP contribution in [0.5, 0.6) is 0 Å². The third-order valence-corrected chi connectivity index (χ3v) is 3.73. The molecule has 0 N–H and O–H groups in total. The zero-order valence-electron chi connectivity index (χ0n) is 9.64. The van der Waals surface area contributed by atoms with Crippen molar-refractivity contribution in [1.29, 1.82) is 0 Å². The van der Waals surface area contributed by atoms with Crippen LogP contribution >= 0.6 is 0 Å². The van der Waals surface area contributed by atoms with E-state index in [9.17, 15) is 0 Å². The molecule has 0 amide bonds. The van der Waals surface area contributed by atoms with Gasteiger partial charge in [-0.2, -0.15) is 0 Å². The summed E-state index contributed by atoms with van der Waals surface area (Å²) < 4.78 is 0. The quantitative estimate of drug-likeness (QED) is 0.607. The van der Waals surface area contributed by atoms with E-state index in [1.165, 1.54) is 25.7 Å². The summed E-state index contributed by atoms with van der Waals surface area (Å²) in [5.41, 5.74) is 4.84. The van der Waals surface area contributed by atoms with Crippen molar-refractivity contribution in [2.45, 2.75) is 46.5 Å². The Bertz CT molecular complexity index is 280. The van der Waals surface area contributed by atoms with Gasteiger partial charge in [0.1, 0.15) is 0 Å². The summed E-state index contributed by atoms with van der Waals surface area (Å²) in [7, 11) is 0. The minimum absolute atomic E-state index is 0.874. The Morgan fingerprint density at radius 2 is 1.79 bits per heavy atom. The second-order valence-corrected chi connectivity index (χ2v) is 5.03. The highest BCUT2D eigenvalue weighted by Gasteiger charge is 2.26. The zero-order chi connectivity index (χ0) is 10.1. The molecule has 0 saturated heterocycles. The molecule has 2 atom stereocenters. The Hall–Kier alpha value is -0.520. The summed E-state index contributed by atoms with van der Waals surface area (Å²) in [5, 5.41) is 0. The Kier molecular flexibility index (Phi) is 2.80. The predicted molar refractivity (Wildman–Crippen MR) is 61.9 cm³/mol. The van der Waals surface area contributed by atoms with Crippen LogP contribution in [0.1, 0.15) is 46.5 Å². The van der Waals surface area contributed by atoms with Gasteiger partial charge in [-0.1, -0.05) is 44.4 Å². The maximum atomic E-state index is 2.45. The lowest BCUT2D eigenvalue weighted by Crippen LogP contribution is -2.14. The van der Waals surface area contributed by atoms with Crippen molar-refractivity contribution in [3.63, 3.8) is 0 Å². The zero-order valence-corrected chi connectivity index (χ0v) is 9.64. The summed E-state index contributed by atoms with van der Waals surface area (Å²) in [4.78, 5) is 0. The summed E-state index contributed by atoms with van der Waals surface area (Å²) in [6, 6.07) is 0. The van der Waals surface area contributed by atoms with Crippen LogP contribution in [0.25, 0.3) is 0 Å². The molecule has 2 aliphatic carbocycles. The third-order valence-electron chi connectivity index (χ3n) is 3.73.